The molecular formula is C28H28Si. The van der Waals surface area contributed by atoms with Gasteiger partial charge in [-0.15, -0.1) is 0 Å². The zero-order chi connectivity index (χ0) is 20.1. The summed E-state index contributed by atoms with van der Waals surface area (Å²) in [6.07, 6.45) is 1.12. The molecule has 0 aliphatic rings. The van der Waals surface area contributed by atoms with E-state index in [1.54, 1.807) is 0 Å². The van der Waals surface area contributed by atoms with Crippen molar-refractivity contribution in [1.82, 2.24) is 0 Å². The average molecular weight is 393 g/mol. The van der Waals surface area contributed by atoms with Gasteiger partial charge in [0.1, 0.15) is 0 Å². The van der Waals surface area contributed by atoms with Crippen molar-refractivity contribution >= 4 is 28.8 Å². The van der Waals surface area contributed by atoms with E-state index in [4.69, 9.17) is 0 Å². The van der Waals surface area contributed by atoms with Gasteiger partial charge in [0.25, 0.3) is 0 Å². The third-order valence-corrected chi connectivity index (χ3v) is 10.4. The van der Waals surface area contributed by atoms with Gasteiger partial charge in [0.05, 0.1) is 0 Å². The van der Waals surface area contributed by atoms with Crippen molar-refractivity contribution in [3.63, 3.8) is 0 Å². The highest BCUT2D eigenvalue weighted by atomic mass is 28.3. The molecule has 0 aliphatic carbocycles. The van der Waals surface area contributed by atoms with Crippen LogP contribution in [0.5, 0.6) is 0 Å². The van der Waals surface area contributed by atoms with E-state index in [2.05, 4.69) is 129 Å². The summed E-state index contributed by atoms with van der Waals surface area (Å²) in [7, 11) is -2.36. The summed E-state index contributed by atoms with van der Waals surface area (Å²) in [5.41, 5.74) is 1.42. The summed E-state index contributed by atoms with van der Waals surface area (Å²) in [4.78, 5) is 0. The van der Waals surface area contributed by atoms with Crippen molar-refractivity contribution in [2.24, 2.45) is 5.92 Å². The predicted octanol–water partition coefficient (Wildman–Crippen LogP) is 4.26. The van der Waals surface area contributed by atoms with Crippen LogP contribution in [0.4, 0.5) is 0 Å². The Kier molecular flexibility index (Phi) is 5.78. The average Bonchev–Trinajstić information content (AvgIpc) is 2.77. The van der Waals surface area contributed by atoms with Crippen LogP contribution in [0.1, 0.15) is 19.4 Å². The first-order chi connectivity index (χ1) is 14.2. The molecule has 4 aromatic rings. The quantitative estimate of drug-likeness (QED) is 0.340. The summed E-state index contributed by atoms with van der Waals surface area (Å²) in [5, 5.41) is 5.71. The maximum atomic E-state index is 2.39. The van der Waals surface area contributed by atoms with Crippen LogP contribution < -0.4 is 20.7 Å². The molecule has 0 atom stereocenters. The standard InChI is InChI=1S/C28H28Si/c1-23(2)22-24-18-20-28(21-19-24)29(25-12-6-3-7-13-25,26-14-8-4-9-15-26)27-16-10-5-11-17-27/h3-21,23H,22H2,1-2H3. The zero-order valence-electron chi connectivity index (χ0n) is 17.3. The van der Waals surface area contributed by atoms with Crippen molar-refractivity contribution in [2.45, 2.75) is 20.3 Å². The molecule has 4 aromatic carbocycles. The van der Waals surface area contributed by atoms with Crippen LogP contribution >= 0.6 is 0 Å². The lowest BCUT2D eigenvalue weighted by Gasteiger charge is -2.34. The molecule has 29 heavy (non-hydrogen) atoms. The van der Waals surface area contributed by atoms with Crippen LogP contribution in [0.2, 0.25) is 0 Å². The maximum Gasteiger partial charge on any atom is 0.179 e. The van der Waals surface area contributed by atoms with E-state index < -0.39 is 8.07 Å². The largest absolute Gasteiger partial charge is 0.179 e. The third kappa shape index (κ3) is 3.83. The van der Waals surface area contributed by atoms with E-state index in [1.807, 2.05) is 0 Å². The molecule has 4 rings (SSSR count). The molecule has 0 saturated heterocycles. The second-order valence-corrected chi connectivity index (χ2v) is 12.0. The molecule has 0 nitrogen and oxygen atoms in total. The van der Waals surface area contributed by atoms with E-state index in [9.17, 15) is 0 Å². The molecule has 0 amide bonds. The van der Waals surface area contributed by atoms with Gasteiger partial charge in [-0.1, -0.05) is 129 Å². The van der Waals surface area contributed by atoms with Gasteiger partial charge in [-0.3, -0.25) is 0 Å². The van der Waals surface area contributed by atoms with Crippen LogP contribution in [0.25, 0.3) is 0 Å². The van der Waals surface area contributed by atoms with E-state index in [1.165, 1.54) is 26.3 Å². The molecule has 0 N–H and O–H groups in total. The summed E-state index contributed by atoms with van der Waals surface area (Å²) in [6.45, 7) is 4.57. The van der Waals surface area contributed by atoms with Crippen LogP contribution in [0.3, 0.4) is 0 Å². The second kappa shape index (κ2) is 8.63. The predicted molar refractivity (Wildman–Crippen MR) is 129 cm³/mol. The lowest BCUT2D eigenvalue weighted by molar-refractivity contribution is 0.647. The van der Waals surface area contributed by atoms with Crippen LogP contribution in [0, 0.1) is 5.92 Å². The van der Waals surface area contributed by atoms with Gasteiger partial charge in [0.2, 0.25) is 0 Å². The Morgan fingerprint density at radius 2 is 0.828 bits per heavy atom. The molecule has 0 fully saturated rings. The lowest BCUT2D eigenvalue weighted by Crippen LogP contribution is -2.74. The minimum atomic E-state index is -2.36. The van der Waals surface area contributed by atoms with E-state index in [0.717, 1.165) is 6.42 Å². The van der Waals surface area contributed by atoms with Crippen LogP contribution in [-0.2, 0) is 6.42 Å². The molecule has 0 aromatic heterocycles. The van der Waals surface area contributed by atoms with E-state index >= 15 is 0 Å². The SMILES string of the molecule is CC(C)Cc1ccc([Si](c2ccccc2)(c2ccccc2)c2ccccc2)cc1. The first-order valence-electron chi connectivity index (χ1n) is 10.5. The molecule has 1 heteroatoms. The Morgan fingerprint density at radius 1 is 0.483 bits per heavy atom. The van der Waals surface area contributed by atoms with Crippen molar-refractivity contribution in [3.8, 4) is 0 Å². The van der Waals surface area contributed by atoms with Gasteiger partial charge in [0.15, 0.2) is 8.07 Å². The Balaban J connectivity index is 2.00. The molecule has 0 spiro atoms. The molecule has 0 radical (unpaired) electrons. The van der Waals surface area contributed by atoms with Crippen LogP contribution in [-0.4, -0.2) is 8.07 Å². The summed E-state index contributed by atoms with van der Waals surface area (Å²) < 4.78 is 0. The maximum absolute atomic E-state index is 2.39. The summed E-state index contributed by atoms with van der Waals surface area (Å²) in [5.74, 6) is 0.667. The van der Waals surface area contributed by atoms with Crippen LogP contribution in [0.15, 0.2) is 115 Å². The first-order valence-corrected chi connectivity index (χ1v) is 12.5. The molecule has 0 saturated carbocycles. The Hall–Kier alpha value is -2.90. The smallest absolute Gasteiger partial charge is 0.0625 e. The fourth-order valence-electron chi connectivity index (χ4n) is 4.43. The zero-order valence-corrected chi connectivity index (χ0v) is 18.3. The van der Waals surface area contributed by atoms with Gasteiger partial charge < -0.3 is 0 Å². The lowest BCUT2D eigenvalue weighted by atomic mass is 10.0. The molecule has 144 valence electrons. The third-order valence-electron chi connectivity index (χ3n) is 5.65. The van der Waals surface area contributed by atoms with Gasteiger partial charge in [0, 0.05) is 0 Å². The highest BCUT2D eigenvalue weighted by molar-refractivity contribution is 7.19. The highest BCUT2D eigenvalue weighted by Crippen LogP contribution is 2.12. The van der Waals surface area contributed by atoms with Gasteiger partial charge in [-0.25, -0.2) is 0 Å². The van der Waals surface area contributed by atoms with E-state index in [-0.39, 0.29) is 0 Å². The number of hydrogen-bond acceptors (Lipinski definition) is 0. The van der Waals surface area contributed by atoms with Crippen molar-refractivity contribution in [3.05, 3.63) is 121 Å². The minimum Gasteiger partial charge on any atom is -0.0625 e. The summed E-state index contributed by atoms with van der Waals surface area (Å²) >= 11 is 0. The van der Waals surface area contributed by atoms with Gasteiger partial charge in [-0.2, -0.15) is 0 Å². The molecule has 0 bridgehead atoms. The highest BCUT2D eigenvalue weighted by Gasteiger charge is 2.41. The molecule has 0 aliphatic heterocycles. The Morgan fingerprint density at radius 3 is 1.17 bits per heavy atom. The van der Waals surface area contributed by atoms with Gasteiger partial charge >= 0.3 is 0 Å². The second-order valence-electron chi connectivity index (χ2n) is 8.14. The Labute approximate surface area is 175 Å². The topological polar surface area (TPSA) is 0 Å². The molecule has 0 unspecified atom stereocenters. The first kappa shape index (κ1) is 19.4. The Bertz CT molecular complexity index is 923. The van der Waals surface area contributed by atoms with Crippen molar-refractivity contribution in [2.75, 3.05) is 0 Å². The van der Waals surface area contributed by atoms with Crippen molar-refractivity contribution in [1.29, 1.82) is 0 Å². The molecular weight excluding hydrogens is 364 g/mol. The molecule has 0 heterocycles. The fourth-order valence-corrected chi connectivity index (χ4v) is 9.17. The van der Waals surface area contributed by atoms with Gasteiger partial charge in [-0.05, 0) is 38.6 Å². The number of hydrogen-bond donors (Lipinski definition) is 0. The fraction of sp³-hybridized carbons (Fsp3) is 0.143. The van der Waals surface area contributed by atoms with Crippen molar-refractivity contribution < 1.29 is 0 Å². The normalized spacial score (nSPS) is 11.6. The minimum absolute atomic E-state index is 0.667. The number of benzene rings is 4. The monoisotopic (exact) mass is 392 g/mol. The summed E-state index contributed by atoms with van der Waals surface area (Å²) in [6, 6.07) is 42.7. The van der Waals surface area contributed by atoms with E-state index in [0.29, 0.717) is 5.92 Å². The number of rotatable bonds is 6.